The van der Waals surface area contributed by atoms with Crippen LogP contribution in [0.2, 0.25) is 0 Å². The number of hydrogen-bond acceptors (Lipinski definition) is 5. The van der Waals surface area contributed by atoms with Gasteiger partial charge in [0.2, 0.25) is 0 Å². The fraction of sp³-hybridized carbons (Fsp3) is 0.222. The van der Waals surface area contributed by atoms with Crippen LogP contribution in [0.5, 0.6) is 0 Å². The van der Waals surface area contributed by atoms with Gasteiger partial charge in [0.15, 0.2) is 5.03 Å². The van der Waals surface area contributed by atoms with Crippen LogP contribution in [0.3, 0.4) is 0 Å². The monoisotopic (exact) mass is 285 g/mol. The second-order valence-corrected chi connectivity index (χ2v) is 5.39. The highest BCUT2D eigenvalue weighted by molar-refractivity contribution is 7.89. The molecule has 0 amide bonds. The zero-order valence-electron chi connectivity index (χ0n) is 9.57. The van der Waals surface area contributed by atoms with E-state index in [0.717, 1.165) is 6.20 Å². The summed E-state index contributed by atoms with van der Waals surface area (Å²) >= 11 is 0. The summed E-state index contributed by atoms with van der Waals surface area (Å²) in [6, 6.07) is -1.30. The first-order valence-corrected chi connectivity index (χ1v) is 6.68. The molecule has 0 aliphatic rings. The molecule has 10 heteroatoms. The van der Waals surface area contributed by atoms with E-state index in [0.29, 0.717) is 5.69 Å². The molecule has 0 aliphatic heterocycles. The van der Waals surface area contributed by atoms with Crippen LogP contribution in [-0.4, -0.2) is 45.5 Å². The first-order chi connectivity index (χ1) is 8.99. The number of imidazole rings is 2. The van der Waals surface area contributed by atoms with Crippen LogP contribution in [0.4, 0.5) is 0 Å². The van der Waals surface area contributed by atoms with Gasteiger partial charge in [-0.1, -0.05) is 0 Å². The number of aliphatic carboxylic acids is 1. The largest absolute Gasteiger partial charge is 0.480 e. The average molecular weight is 285 g/mol. The molecule has 1 atom stereocenters. The minimum absolute atomic E-state index is 0.0390. The lowest BCUT2D eigenvalue weighted by atomic mass is 10.2. The van der Waals surface area contributed by atoms with Crippen molar-refractivity contribution in [1.29, 1.82) is 0 Å². The Balaban J connectivity index is 2.15. The third kappa shape index (κ3) is 3.17. The Kier molecular flexibility index (Phi) is 3.62. The summed E-state index contributed by atoms with van der Waals surface area (Å²) in [6.07, 6.45) is 5.07. The zero-order valence-corrected chi connectivity index (χ0v) is 10.4. The summed E-state index contributed by atoms with van der Waals surface area (Å²) in [7, 11) is -3.95. The molecule has 0 fully saturated rings. The Morgan fingerprint density at radius 1 is 1.32 bits per heavy atom. The van der Waals surface area contributed by atoms with E-state index in [1.807, 2.05) is 0 Å². The van der Waals surface area contributed by atoms with Crippen molar-refractivity contribution in [2.75, 3.05) is 0 Å². The lowest BCUT2D eigenvalue weighted by molar-refractivity contribution is -0.138. The number of aromatic amines is 2. The topological polar surface area (TPSA) is 141 Å². The van der Waals surface area contributed by atoms with E-state index in [1.54, 1.807) is 0 Å². The molecule has 4 N–H and O–H groups in total. The Labute approximate surface area is 108 Å². The number of nitrogens with zero attached hydrogens (tertiary/aromatic N) is 2. The van der Waals surface area contributed by atoms with E-state index in [-0.39, 0.29) is 11.4 Å². The van der Waals surface area contributed by atoms with E-state index >= 15 is 0 Å². The van der Waals surface area contributed by atoms with Crippen molar-refractivity contribution >= 4 is 16.0 Å². The second-order valence-electron chi connectivity index (χ2n) is 3.71. The van der Waals surface area contributed by atoms with Crippen LogP contribution in [-0.2, 0) is 21.2 Å². The maximum absolute atomic E-state index is 11.9. The van der Waals surface area contributed by atoms with Crippen LogP contribution in [0.25, 0.3) is 0 Å². The number of hydrogen-bond donors (Lipinski definition) is 4. The average Bonchev–Trinajstić information content (AvgIpc) is 3.00. The predicted molar refractivity (Wildman–Crippen MR) is 62.6 cm³/mol. The van der Waals surface area contributed by atoms with Gasteiger partial charge in [-0.15, -0.1) is 0 Å². The molecular formula is C9H11N5O4S. The maximum Gasteiger partial charge on any atom is 0.322 e. The third-order valence-corrected chi connectivity index (χ3v) is 3.73. The molecule has 0 saturated heterocycles. The third-order valence-electron chi connectivity index (χ3n) is 2.34. The van der Waals surface area contributed by atoms with Crippen LogP contribution in [0, 0.1) is 0 Å². The SMILES string of the molecule is O=C(O)C(Cc1cnc[nH]1)NS(=O)(=O)c1cnc[nH]1. The van der Waals surface area contributed by atoms with Gasteiger partial charge in [0.05, 0.1) is 18.9 Å². The number of carboxylic acids is 1. The summed E-state index contributed by atoms with van der Waals surface area (Å²) in [4.78, 5) is 23.5. The molecule has 2 aromatic heterocycles. The Hall–Kier alpha value is -2.20. The normalized spacial score (nSPS) is 13.3. The molecule has 102 valence electrons. The fourth-order valence-electron chi connectivity index (χ4n) is 1.44. The minimum Gasteiger partial charge on any atom is -0.480 e. The number of carboxylic acid groups (broad SMARTS) is 1. The number of sulfonamides is 1. The molecule has 0 spiro atoms. The van der Waals surface area contributed by atoms with E-state index < -0.39 is 22.0 Å². The van der Waals surface area contributed by atoms with E-state index in [2.05, 4.69) is 24.7 Å². The fourth-order valence-corrected chi connectivity index (χ4v) is 2.53. The summed E-state index contributed by atoms with van der Waals surface area (Å²) in [6.45, 7) is 0. The second kappa shape index (κ2) is 5.20. The lowest BCUT2D eigenvalue weighted by Crippen LogP contribution is -2.42. The van der Waals surface area contributed by atoms with Crippen molar-refractivity contribution in [2.45, 2.75) is 17.5 Å². The molecule has 2 aromatic rings. The standard InChI is InChI=1S/C9H11N5O4S/c15-9(16)7(1-6-2-10-4-12-6)14-19(17,18)8-3-11-5-13-8/h2-5,7,14H,1H2,(H,10,12)(H,11,13)(H,15,16). The highest BCUT2D eigenvalue weighted by Crippen LogP contribution is 2.06. The highest BCUT2D eigenvalue weighted by atomic mass is 32.2. The summed E-state index contributed by atoms with van der Waals surface area (Å²) in [5.41, 5.74) is 0.514. The van der Waals surface area contributed by atoms with Gasteiger partial charge in [0, 0.05) is 18.3 Å². The van der Waals surface area contributed by atoms with E-state index in [1.165, 1.54) is 18.9 Å². The predicted octanol–water partition coefficient (Wildman–Crippen LogP) is -0.893. The van der Waals surface area contributed by atoms with Gasteiger partial charge >= 0.3 is 5.97 Å². The molecule has 2 rings (SSSR count). The first-order valence-electron chi connectivity index (χ1n) is 5.20. The summed E-state index contributed by atoms with van der Waals surface area (Å²) in [5, 5.41) is 8.85. The molecule has 0 radical (unpaired) electrons. The molecule has 0 bridgehead atoms. The number of aromatic nitrogens is 4. The van der Waals surface area contributed by atoms with Crippen molar-refractivity contribution in [2.24, 2.45) is 0 Å². The van der Waals surface area contributed by atoms with Gasteiger partial charge in [-0.05, 0) is 0 Å². The quantitative estimate of drug-likeness (QED) is 0.542. The minimum atomic E-state index is -3.95. The van der Waals surface area contributed by atoms with Gasteiger partial charge in [-0.3, -0.25) is 4.79 Å². The van der Waals surface area contributed by atoms with Crippen LogP contribution < -0.4 is 4.72 Å². The van der Waals surface area contributed by atoms with Gasteiger partial charge in [-0.2, -0.15) is 4.72 Å². The van der Waals surface area contributed by atoms with Gasteiger partial charge in [0.1, 0.15) is 6.04 Å². The van der Waals surface area contributed by atoms with Crippen molar-refractivity contribution in [1.82, 2.24) is 24.7 Å². The number of carbonyl (C=O) groups is 1. The lowest BCUT2D eigenvalue weighted by Gasteiger charge is -2.12. The molecular weight excluding hydrogens is 274 g/mol. The Morgan fingerprint density at radius 3 is 2.53 bits per heavy atom. The molecule has 1 unspecified atom stereocenters. The zero-order chi connectivity index (χ0) is 13.9. The van der Waals surface area contributed by atoms with Gasteiger partial charge in [0.25, 0.3) is 10.0 Å². The molecule has 19 heavy (non-hydrogen) atoms. The summed E-state index contributed by atoms with van der Waals surface area (Å²) < 4.78 is 25.8. The molecule has 2 heterocycles. The van der Waals surface area contributed by atoms with Crippen LogP contribution in [0.15, 0.2) is 30.1 Å². The maximum atomic E-state index is 11.9. The van der Waals surface area contributed by atoms with Crippen molar-refractivity contribution in [3.05, 3.63) is 30.7 Å². The number of rotatable bonds is 6. The Morgan fingerprint density at radius 2 is 2.00 bits per heavy atom. The Bertz CT molecular complexity index is 634. The van der Waals surface area contributed by atoms with Crippen molar-refractivity contribution in [3.8, 4) is 0 Å². The van der Waals surface area contributed by atoms with Gasteiger partial charge < -0.3 is 15.1 Å². The first kappa shape index (κ1) is 13.2. The molecule has 9 nitrogen and oxygen atoms in total. The molecule has 0 aromatic carbocycles. The van der Waals surface area contributed by atoms with Gasteiger partial charge in [-0.25, -0.2) is 18.4 Å². The highest BCUT2D eigenvalue weighted by Gasteiger charge is 2.26. The van der Waals surface area contributed by atoms with Crippen LogP contribution >= 0.6 is 0 Å². The summed E-state index contributed by atoms with van der Waals surface area (Å²) in [5.74, 6) is -1.28. The van der Waals surface area contributed by atoms with Crippen molar-refractivity contribution in [3.63, 3.8) is 0 Å². The van der Waals surface area contributed by atoms with Crippen LogP contribution in [0.1, 0.15) is 5.69 Å². The molecule has 0 aliphatic carbocycles. The molecule has 0 saturated carbocycles. The smallest absolute Gasteiger partial charge is 0.322 e. The number of nitrogens with one attached hydrogen (secondary N) is 3. The van der Waals surface area contributed by atoms with E-state index in [9.17, 15) is 13.2 Å². The van der Waals surface area contributed by atoms with Crippen molar-refractivity contribution < 1.29 is 18.3 Å². The number of H-pyrrole nitrogens is 2. The van der Waals surface area contributed by atoms with E-state index in [4.69, 9.17) is 5.11 Å².